The second-order valence-corrected chi connectivity index (χ2v) is 15.8. The highest BCUT2D eigenvalue weighted by Crippen LogP contribution is 2.45. The minimum atomic E-state index is 0.804. The molecule has 0 aliphatic carbocycles. The SMILES string of the molecule is c1cncc(-c2cc(-c3cccnc3)cc(-c3cc(-c4c5ccccc5c(C5=Nc6ccccc6C5)c5ccccc45)cc(-c4cc5ccccc5c5ncccc45)c3)c2)c1. The van der Waals surface area contributed by atoms with Crippen LogP contribution in [0.5, 0.6) is 0 Å². The van der Waals surface area contributed by atoms with Crippen molar-refractivity contribution in [2.45, 2.75) is 6.42 Å². The van der Waals surface area contributed by atoms with Gasteiger partial charge >= 0.3 is 0 Å². The molecular formula is C57H36N4. The van der Waals surface area contributed by atoms with E-state index >= 15 is 0 Å². The third-order valence-corrected chi connectivity index (χ3v) is 12.2. The summed E-state index contributed by atoms with van der Waals surface area (Å²) < 4.78 is 0. The van der Waals surface area contributed by atoms with Gasteiger partial charge in [0.15, 0.2) is 0 Å². The average Bonchev–Trinajstić information content (AvgIpc) is 3.77. The van der Waals surface area contributed by atoms with Crippen molar-refractivity contribution in [3.8, 4) is 55.6 Å². The van der Waals surface area contributed by atoms with E-state index in [9.17, 15) is 0 Å². The number of aromatic nitrogens is 3. The van der Waals surface area contributed by atoms with Crippen molar-refractivity contribution in [1.29, 1.82) is 0 Å². The maximum absolute atomic E-state index is 5.25. The van der Waals surface area contributed by atoms with E-state index in [1.807, 2.05) is 49.2 Å². The van der Waals surface area contributed by atoms with E-state index in [-0.39, 0.29) is 0 Å². The standard InChI is InChI=1S/C57H36N4/c1-3-16-46-36(12-1)32-52(51-21-11-25-60-57(46)51)44-29-43(42-27-40(38-14-9-23-58-34-38)26-41(28-42)39-15-10-24-59-35-39)30-45(31-44)55-47-17-4-6-19-49(47)56(50-20-7-5-18-48(50)55)54-33-37-13-2-8-22-53(37)61-54/h1-32,34-35H,33H2. The van der Waals surface area contributed by atoms with E-state index in [0.29, 0.717) is 0 Å². The van der Waals surface area contributed by atoms with Crippen molar-refractivity contribution in [2.24, 2.45) is 4.99 Å². The predicted molar refractivity (Wildman–Crippen MR) is 253 cm³/mol. The summed E-state index contributed by atoms with van der Waals surface area (Å²) in [6.07, 6.45) is 10.2. The third-order valence-electron chi connectivity index (χ3n) is 12.2. The van der Waals surface area contributed by atoms with Gasteiger partial charge in [-0.25, -0.2) is 0 Å². The minimum Gasteiger partial charge on any atom is -0.264 e. The fourth-order valence-electron chi connectivity index (χ4n) is 9.47. The Bertz CT molecular complexity index is 3440. The molecule has 4 nitrogen and oxygen atoms in total. The van der Waals surface area contributed by atoms with Crippen LogP contribution in [-0.2, 0) is 6.42 Å². The molecule has 4 heteroatoms. The Morgan fingerprint density at radius 2 is 0.869 bits per heavy atom. The molecule has 0 atom stereocenters. The lowest BCUT2D eigenvalue weighted by Gasteiger charge is -2.20. The van der Waals surface area contributed by atoms with Crippen molar-refractivity contribution in [1.82, 2.24) is 15.0 Å². The van der Waals surface area contributed by atoms with E-state index < -0.39 is 0 Å². The molecule has 0 saturated carbocycles. The van der Waals surface area contributed by atoms with Crippen LogP contribution in [0, 0.1) is 0 Å². The molecule has 1 aliphatic heterocycles. The molecule has 3 aromatic heterocycles. The average molecular weight is 777 g/mol. The van der Waals surface area contributed by atoms with Crippen LogP contribution < -0.4 is 0 Å². The first-order valence-electron chi connectivity index (χ1n) is 20.7. The van der Waals surface area contributed by atoms with E-state index in [4.69, 9.17) is 9.98 Å². The highest BCUT2D eigenvalue weighted by molar-refractivity contribution is 6.27. The Morgan fingerprint density at radius 3 is 1.51 bits per heavy atom. The Labute approximate surface area is 353 Å². The summed E-state index contributed by atoms with van der Waals surface area (Å²) in [5.41, 5.74) is 16.8. The number of aliphatic imine (C=N–C) groups is 1. The molecule has 0 unspecified atom stereocenters. The lowest BCUT2D eigenvalue weighted by atomic mass is 9.84. The first-order valence-corrected chi connectivity index (χ1v) is 20.7. The maximum Gasteiger partial charge on any atom is 0.0786 e. The number of para-hydroxylation sites is 1. The first kappa shape index (κ1) is 34.9. The van der Waals surface area contributed by atoms with Gasteiger partial charge in [0.25, 0.3) is 0 Å². The van der Waals surface area contributed by atoms with Crippen molar-refractivity contribution in [3.63, 3.8) is 0 Å². The molecule has 0 fully saturated rings. The normalized spacial score (nSPS) is 12.3. The Balaban J connectivity index is 1.17. The second-order valence-electron chi connectivity index (χ2n) is 15.8. The van der Waals surface area contributed by atoms with Gasteiger partial charge in [-0.3, -0.25) is 19.9 Å². The molecule has 8 aromatic carbocycles. The molecule has 1 aliphatic rings. The quantitative estimate of drug-likeness (QED) is 0.125. The molecule has 0 N–H and O–H groups in total. The Kier molecular flexibility index (Phi) is 8.20. The number of fused-ring (bicyclic) bond motifs is 6. The van der Waals surface area contributed by atoms with E-state index in [2.05, 4.69) is 168 Å². The fraction of sp³-hybridized carbons (Fsp3) is 0.0175. The molecule has 0 radical (unpaired) electrons. The van der Waals surface area contributed by atoms with Gasteiger partial charge in [-0.2, -0.15) is 0 Å². The van der Waals surface area contributed by atoms with Crippen LogP contribution >= 0.6 is 0 Å². The molecule has 11 aromatic rings. The van der Waals surface area contributed by atoms with Gasteiger partial charge in [0, 0.05) is 64.9 Å². The monoisotopic (exact) mass is 776 g/mol. The number of nitrogens with zero attached hydrogens (tertiary/aromatic N) is 4. The molecule has 284 valence electrons. The van der Waals surface area contributed by atoms with E-state index in [1.165, 1.54) is 38.2 Å². The highest BCUT2D eigenvalue weighted by atomic mass is 14.8. The van der Waals surface area contributed by atoms with Crippen LogP contribution in [0.25, 0.3) is 98.9 Å². The lowest BCUT2D eigenvalue weighted by molar-refractivity contribution is 1.32. The predicted octanol–water partition coefficient (Wildman–Crippen LogP) is 14.5. The number of rotatable bonds is 6. The van der Waals surface area contributed by atoms with Gasteiger partial charge in [0.05, 0.1) is 16.9 Å². The fourth-order valence-corrected chi connectivity index (χ4v) is 9.47. The highest BCUT2D eigenvalue weighted by Gasteiger charge is 2.24. The third kappa shape index (κ3) is 5.99. The number of hydrogen-bond acceptors (Lipinski definition) is 4. The number of pyridine rings is 3. The molecule has 0 saturated heterocycles. The molecule has 12 rings (SSSR count). The molecule has 4 heterocycles. The summed E-state index contributed by atoms with van der Waals surface area (Å²) in [5.74, 6) is 0. The van der Waals surface area contributed by atoms with Gasteiger partial charge in [-0.1, -0.05) is 109 Å². The molecule has 0 amide bonds. The van der Waals surface area contributed by atoms with E-state index in [1.54, 1.807) is 0 Å². The van der Waals surface area contributed by atoms with Crippen LogP contribution in [0.15, 0.2) is 212 Å². The molecule has 0 spiro atoms. The van der Waals surface area contributed by atoms with Crippen LogP contribution in [0.4, 0.5) is 5.69 Å². The van der Waals surface area contributed by atoms with Gasteiger partial charge in [-0.05, 0) is 144 Å². The summed E-state index contributed by atoms with van der Waals surface area (Å²) in [5, 5.41) is 8.22. The van der Waals surface area contributed by atoms with Gasteiger partial charge in [0.1, 0.15) is 0 Å². The summed E-state index contributed by atoms with van der Waals surface area (Å²) in [6.45, 7) is 0. The summed E-state index contributed by atoms with van der Waals surface area (Å²) >= 11 is 0. The number of hydrogen-bond donors (Lipinski definition) is 0. The van der Waals surface area contributed by atoms with Crippen LogP contribution in [-0.4, -0.2) is 20.7 Å². The zero-order chi connectivity index (χ0) is 40.3. The lowest BCUT2D eigenvalue weighted by Crippen LogP contribution is -2.04. The maximum atomic E-state index is 5.25. The van der Waals surface area contributed by atoms with Gasteiger partial charge in [0.2, 0.25) is 0 Å². The van der Waals surface area contributed by atoms with Gasteiger partial charge < -0.3 is 0 Å². The Hall–Kier alpha value is -8.08. The van der Waals surface area contributed by atoms with Crippen LogP contribution in [0.2, 0.25) is 0 Å². The summed E-state index contributed by atoms with van der Waals surface area (Å²) in [4.78, 5) is 19.2. The van der Waals surface area contributed by atoms with Crippen molar-refractivity contribution in [3.05, 3.63) is 218 Å². The van der Waals surface area contributed by atoms with Crippen molar-refractivity contribution in [2.75, 3.05) is 0 Å². The molecule has 0 bridgehead atoms. The van der Waals surface area contributed by atoms with Crippen LogP contribution in [0.3, 0.4) is 0 Å². The van der Waals surface area contributed by atoms with Gasteiger partial charge in [-0.15, -0.1) is 0 Å². The zero-order valence-electron chi connectivity index (χ0n) is 33.1. The van der Waals surface area contributed by atoms with E-state index in [0.717, 1.165) is 89.6 Å². The topological polar surface area (TPSA) is 51.0 Å². The zero-order valence-corrected chi connectivity index (χ0v) is 33.1. The van der Waals surface area contributed by atoms with Crippen molar-refractivity contribution < 1.29 is 0 Å². The Morgan fingerprint density at radius 1 is 0.361 bits per heavy atom. The summed E-state index contributed by atoms with van der Waals surface area (Å²) in [6, 6.07) is 63.7. The smallest absolute Gasteiger partial charge is 0.0786 e. The minimum absolute atomic E-state index is 0.804. The van der Waals surface area contributed by atoms with Crippen molar-refractivity contribution >= 4 is 54.6 Å². The molecular weight excluding hydrogens is 741 g/mol. The van der Waals surface area contributed by atoms with Crippen LogP contribution in [0.1, 0.15) is 11.1 Å². The summed E-state index contributed by atoms with van der Waals surface area (Å²) in [7, 11) is 0. The second kappa shape index (κ2) is 14.3. The number of benzene rings is 8. The largest absolute Gasteiger partial charge is 0.264 e. The first-order chi connectivity index (χ1) is 30.2. The molecule has 61 heavy (non-hydrogen) atoms.